The Morgan fingerprint density at radius 2 is 1.68 bits per heavy atom. The van der Waals surface area contributed by atoms with Gasteiger partial charge in [-0.05, 0) is 42.8 Å². The topological polar surface area (TPSA) is 68.2 Å². The van der Waals surface area contributed by atoms with E-state index >= 15 is 0 Å². The van der Waals surface area contributed by atoms with Crippen LogP contribution < -0.4 is 10.9 Å². The second kappa shape index (κ2) is 8.43. The van der Waals surface area contributed by atoms with E-state index in [1.54, 1.807) is 6.07 Å². The van der Waals surface area contributed by atoms with Crippen molar-refractivity contribution in [2.45, 2.75) is 19.5 Å². The maximum atomic E-state index is 13.2. The summed E-state index contributed by atoms with van der Waals surface area (Å²) in [4.78, 5) is 38.1. The Morgan fingerprint density at radius 1 is 1.00 bits per heavy atom. The molecule has 0 saturated carbocycles. The second-order valence-corrected chi connectivity index (χ2v) is 6.42. The zero-order chi connectivity index (χ0) is 20.1. The number of aromatic nitrogens is 1. The molecule has 0 fully saturated rings. The predicted octanol–water partition coefficient (Wildman–Crippen LogP) is 3.04. The highest BCUT2D eigenvalue weighted by atomic mass is 19.1. The number of nitrogens with zero attached hydrogens (tertiary/aromatic N) is 1. The molecular weight excluding hydrogens is 359 g/mol. The van der Waals surface area contributed by atoms with Crippen LogP contribution in [0.15, 0.2) is 77.7 Å². The number of hydrogen-bond acceptors (Lipinski definition) is 3. The third kappa shape index (κ3) is 4.40. The van der Waals surface area contributed by atoms with Gasteiger partial charge in [0.1, 0.15) is 5.82 Å². The lowest BCUT2D eigenvalue weighted by Crippen LogP contribution is -2.41. The second-order valence-electron chi connectivity index (χ2n) is 6.42. The summed E-state index contributed by atoms with van der Waals surface area (Å²) in [6.45, 7) is 2.18. The van der Waals surface area contributed by atoms with Crippen LogP contribution in [0.2, 0.25) is 0 Å². The molecule has 5 nitrogen and oxygen atoms in total. The van der Waals surface area contributed by atoms with Crippen LogP contribution in [0.25, 0.3) is 0 Å². The average Bonchev–Trinajstić information content (AvgIpc) is 2.69. The van der Waals surface area contributed by atoms with Crippen LogP contribution in [0.1, 0.15) is 27.5 Å². The number of aryl methyl sites for hydroxylation is 1. The van der Waals surface area contributed by atoms with Crippen molar-refractivity contribution >= 4 is 11.7 Å². The van der Waals surface area contributed by atoms with E-state index in [0.29, 0.717) is 0 Å². The van der Waals surface area contributed by atoms with Crippen LogP contribution in [0.4, 0.5) is 4.39 Å². The Kier molecular flexibility index (Phi) is 5.79. The number of hydrogen-bond donors (Lipinski definition) is 1. The normalized spacial score (nSPS) is 11.6. The molecule has 1 amide bonds. The molecule has 3 aromatic rings. The summed E-state index contributed by atoms with van der Waals surface area (Å²) in [5.74, 6) is -1.69. The molecule has 0 saturated heterocycles. The van der Waals surface area contributed by atoms with Gasteiger partial charge in [0.05, 0.1) is 0 Å². The zero-order valence-corrected chi connectivity index (χ0v) is 15.3. The van der Waals surface area contributed by atoms with Crippen molar-refractivity contribution in [3.8, 4) is 0 Å². The maximum Gasteiger partial charge on any atom is 0.251 e. The fourth-order valence-electron chi connectivity index (χ4n) is 2.79. The van der Waals surface area contributed by atoms with Crippen LogP contribution >= 0.6 is 0 Å². The van der Waals surface area contributed by atoms with E-state index in [-0.39, 0.29) is 12.1 Å². The molecule has 1 atom stereocenters. The number of amides is 1. The first-order chi connectivity index (χ1) is 13.5. The van der Waals surface area contributed by atoms with Crippen LogP contribution in [-0.4, -0.2) is 16.3 Å². The van der Waals surface area contributed by atoms with E-state index in [1.807, 2.05) is 31.2 Å². The third-order valence-corrected chi connectivity index (χ3v) is 4.34. The summed E-state index contributed by atoms with van der Waals surface area (Å²) in [6, 6.07) is 15.5. The average molecular weight is 378 g/mol. The summed E-state index contributed by atoms with van der Waals surface area (Å²) < 4.78 is 14.3. The Hall–Kier alpha value is -3.54. The van der Waals surface area contributed by atoms with E-state index in [0.717, 1.165) is 27.8 Å². The molecule has 0 aliphatic heterocycles. The first kappa shape index (κ1) is 19.2. The number of pyridine rings is 1. The number of rotatable bonds is 6. The minimum Gasteiger partial charge on any atom is -0.350 e. The smallest absolute Gasteiger partial charge is 0.251 e. The van der Waals surface area contributed by atoms with Gasteiger partial charge >= 0.3 is 0 Å². The van der Waals surface area contributed by atoms with Gasteiger partial charge in [-0.1, -0.05) is 35.9 Å². The molecule has 0 unspecified atom stereocenters. The highest BCUT2D eigenvalue weighted by Gasteiger charge is 2.29. The molecule has 3 rings (SSSR count). The molecule has 0 aliphatic carbocycles. The maximum absolute atomic E-state index is 13.2. The van der Waals surface area contributed by atoms with E-state index in [1.165, 1.54) is 30.5 Å². The van der Waals surface area contributed by atoms with E-state index in [2.05, 4.69) is 5.32 Å². The number of ketones is 1. The van der Waals surface area contributed by atoms with Gasteiger partial charge in [0.15, 0.2) is 11.8 Å². The monoisotopic (exact) mass is 378 g/mol. The van der Waals surface area contributed by atoms with Gasteiger partial charge in [-0.3, -0.25) is 19.0 Å². The largest absolute Gasteiger partial charge is 0.350 e. The highest BCUT2D eigenvalue weighted by molar-refractivity contribution is 6.11. The summed E-state index contributed by atoms with van der Waals surface area (Å²) in [5, 5.41) is 2.71. The Morgan fingerprint density at radius 3 is 2.32 bits per heavy atom. The molecular formula is C22H19FN2O3. The molecule has 1 heterocycles. The van der Waals surface area contributed by atoms with Crippen molar-refractivity contribution in [1.29, 1.82) is 0 Å². The third-order valence-electron chi connectivity index (χ3n) is 4.34. The summed E-state index contributed by atoms with van der Waals surface area (Å²) in [7, 11) is 0. The lowest BCUT2D eigenvalue weighted by molar-refractivity contribution is -0.123. The van der Waals surface area contributed by atoms with Crippen LogP contribution in [-0.2, 0) is 11.3 Å². The molecule has 0 spiro atoms. The van der Waals surface area contributed by atoms with Crippen molar-refractivity contribution in [2.24, 2.45) is 0 Å². The molecule has 142 valence electrons. The van der Waals surface area contributed by atoms with Gasteiger partial charge in [0.2, 0.25) is 0 Å². The van der Waals surface area contributed by atoms with Gasteiger partial charge in [-0.15, -0.1) is 0 Å². The van der Waals surface area contributed by atoms with Crippen molar-refractivity contribution in [2.75, 3.05) is 0 Å². The standard InChI is InChI=1S/C22H19FN2O3/c1-15-5-7-16(8-6-15)14-24-22(28)20(25-13-3-2-4-19(25)26)21(27)17-9-11-18(23)12-10-17/h2-13,20H,14H2,1H3,(H,24,28)/t20-/m0/s1. The Bertz CT molecular complexity index is 1040. The molecule has 2 aromatic carbocycles. The van der Waals surface area contributed by atoms with E-state index in [9.17, 15) is 18.8 Å². The first-order valence-corrected chi connectivity index (χ1v) is 8.76. The highest BCUT2D eigenvalue weighted by Crippen LogP contribution is 2.15. The van der Waals surface area contributed by atoms with Crippen molar-refractivity contribution in [3.63, 3.8) is 0 Å². The Labute approximate surface area is 161 Å². The number of carbonyl (C=O) groups is 2. The number of Topliss-reactive ketones (excluding diaryl/α,β-unsaturated/α-hetero) is 1. The number of nitrogens with one attached hydrogen (secondary N) is 1. The minimum atomic E-state index is -1.38. The number of halogens is 1. The lowest BCUT2D eigenvalue weighted by atomic mass is 10.0. The lowest BCUT2D eigenvalue weighted by Gasteiger charge is -2.18. The van der Waals surface area contributed by atoms with Gasteiger partial charge in [0, 0.05) is 24.4 Å². The van der Waals surface area contributed by atoms with Gasteiger partial charge in [0.25, 0.3) is 11.5 Å². The van der Waals surface area contributed by atoms with Crippen molar-refractivity contribution in [3.05, 3.63) is 106 Å². The molecule has 0 aliphatic rings. The zero-order valence-electron chi connectivity index (χ0n) is 15.3. The molecule has 1 N–H and O–H groups in total. The van der Waals surface area contributed by atoms with Gasteiger partial charge in [-0.25, -0.2) is 4.39 Å². The molecule has 28 heavy (non-hydrogen) atoms. The number of benzene rings is 2. The van der Waals surface area contributed by atoms with Crippen LogP contribution in [0.3, 0.4) is 0 Å². The van der Waals surface area contributed by atoms with E-state index in [4.69, 9.17) is 0 Å². The molecule has 6 heteroatoms. The molecule has 0 bridgehead atoms. The quantitative estimate of drug-likeness (QED) is 0.530. The Balaban J connectivity index is 1.89. The summed E-state index contributed by atoms with van der Waals surface area (Å²) in [6.07, 6.45) is 1.39. The van der Waals surface area contributed by atoms with Gasteiger partial charge < -0.3 is 5.32 Å². The van der Waals surface area contributed by atoms with Crippen LogP contribution in [0.5, 0.6) is 0 Å². The number of carbonyl (C=O) groups excluding carboxylic acids is 2. The summed E-state index contributed by atoms with van der Waals surface area (Å²) in [5.41, 5.74) is 1.63. The fraction of sp³-hybridized carbons (Fsp3) is 0.136. The first-order valence-electron chi connectivity index (χ1n) is 8.76. The molecule has 0 radical (unpaired) electrons. The van der Waals surface area contributed by atoms with Crippen molar-refractivity contribution in [1.82, 2.24) is 9.88 Å². The predicted molar refractivity (Wildman–Crippen MR) is 103 cm³/mol. The van der Waals surface area contributed by atoms with E-state index < -0.39 is 29.1 Å². The van der Waals surface area contributed by atoms with Crippen LogP contribution in [0, 0.1) is 12.7 Å². The van der Waals surface area contributed by atoms with Crippen molar-refractivity contribution < 1.29 is 14.0 Å². The SMILES string of the molecule is Cc1ccc(CNC(=O)[C@H](C(=O)c2ccc(F)cc2)n2ccccc2=O)cc1. The molecule has 1 aromatic heterocycles. The summed E-state index contributed by atoms with van der Waals surface area (Å²) >= 11 is 0. The van der Waals surface area contributed by atoms with Gasteiger partial charge in [-0.2, -0.15) is 0 Å². The fourth-order valence-corrected chi connectivity index (χ4v) is 2.79. The minimum absolute atomic E-state index is 0.146.